The van der Waals surface area contributed by atoms with Gasteiger partial charge in [0.25, 0.3) is 0 Å². The molecular weight excluding hydrogens is 605 g/mol. The minimum Gasteiger partial charge on any atom is -0.456 e. The molecule has 0 bridgehead atoms. The van der Waals surface area contributed by atoms with Gasteiger partial charge in [0.15, 0.2) is 0 Å². The van der Waals surface area contributed by atoms with Gasteiger partial charge < -0.3 is 4.42 Å². The highest BCUT2D eigenvalue weighted by Gasteiger charge is 2.29. The minimum absolute atomic E-state index is 0.202. The number of rotatable bonds is 3. The van der Waals surface area contributed by atoms with E-state index in [2.05, 4.69) is 176 Å². The SMILES string of the molecule is c1cc(-c2c3ccccc3c(-c3ccc4oc5cc6ccccc6cc5c4c3)c3ccccc23)cc(C2c3ccccc3-c3ccccc32)c1. The zero-order valence-electron chi connectivity index (χ0n) is 27.2. The van der Waals surface area contributed by atoms with Crippen LogP contribution in [0.25, 0.3) is 87.6 Å². The first-order valence-corrected chi connectivity index (χ1v) is 17.4. The van der Waals surface area contributed by atoms with E-state index >= 15 is 0 Å². The molecule has 1 heterocycles. The molecule has 0 N–H and O–H groups in total. The van der Waals surface area contributed by atoms with Crippen molar-refractivity contribution < 1.29 is 4.42 Å². The highest BCUT2D eigenvalue weighted by atomic mass is 16.3. The van der Waals surface area contributed by atoms with Gasteiger partial charge in [-0.05, 0) is 107 Å². The largest absolute Gasteiger partial charge is 0.456 e. The van der Waals surface area contributed by atoms with Gasteiger partial charge in [0.2, 0.25) is 0 Å². The minimum atomic E-state index is 0.202. The van der Waals surface area contributed by atoms with Gasteiger partial charge in [0.1, 0.15) is 11.2 Å². The second-order valence-corrected chi connectivity index (χ2v) is 13.6. The monoisotopic (exact) mass is 634 g/mol. The summed E-state index contributed by atoms with van der Waals surface area (Å²) in [6.45, 7) is 0. The molecule has 0 saturated heterocycles. The summed E-state index contributed by atoms with van der Waals surface area (Å²) in [7, 11) is 0. The van der Waals surface area contributed by atoms with Gasteiger partial charge in [-0.1, -0.05) is 152 Å². The standard InChI is InChI=1S/C49H30O/c1-2-13-31-29-46-44(27-30(31)12-1)43-28-34(24-25-45(43)50-46)49-41-22-9-7-20-39(41)48(40-21-8-10-23-42(40)49)33-15-11-14-32(26-33)47-37-18-5-3-16-35(37)36-17-4-6-19-38(36)47/h1-29,47H. The van der Waals surface area contributed by atoms with Crippen molar-refractivity contribution >= 4 is 54.3 Å². The first-order valence-electron chi connectivity index (χ1n) is 17.4. The molecule has 1 aliphatic rings. The second-order valence-electron chi connectivity index (χ2n) is 13.6. The van der Waals surface area contributed by atoms with E-state index in [0.29, 0.717) is 0 Å². The van der Waals surface area contributed by atoms with Crippen LogP contribution in [-0.4, -0.2) is 0 Å². The molecule has 0 saturated carbocycles. The lowest BCUT2D eigenvalue weighted by Gasteiger charge is -2.19. The summed E-state index contributed by atoms with van der Waals surface area (Å²) in [5, 5.41) is 9.73. The Balaban J connectivity index is 1.14. The summed E-state index contributed by atoms with van der Waals surface area (Å²) in [5.41, 5.74) is 13.6. The van der Waals surface area contributed by atoms with Crippen molar-refractivity contribution in [3.63, 3.8) is 0 Å². The van der Waals surface area contributed by atoms with Crippen LogP contribution in [0.4, 0.5) is 0 Å². The zero-order valence-corrected chi connectivity index (χ0v) is 27.2. The molecule has 0 unspecified atom stereocenters. The van der Waals surface area contributed by atoms with Crippen molar-refractivity contribution in [1.82, 2.24) is 0 Å². The topological polar surface area (TPSA) is 13.1 Å². The molecule has 232 valence electrons. The van der Waals surface area contributed by atoms with Crippen molar-refractivity contribution in [1.29, 1.82) is 0 Å². The number of hydrogen-bond acceptors (Lipinski definition) is 1. The van der Waals surface area contributed by atoms with Gasteiger partial charge >= 0.3 is 0 Å². The second kappa shape index (κ2) is 10.5. The lowest BCUT2D eigenvalue weighted by Crippen LogP contribution is -1.99. The third-order valence-electron chi connectivity index (χ3n) is 10.9. The van der Waals surface area contributed by atoms with E-state index in [1.165, 1.54) is 82.4 Å². The van der Waals surface area contributed by atoms with Crippen molar-refractivity contribution in [2.24, 2.45) is 0 Å². The van der Waals surface area contributed by atoms with Gasteiger partial charge in [-0.2, -0.15) is 0 Å². The molecule has 1 aliphatic carbocycles. The Hall–Kier alpha value is -6.44. The van der Waals surface area contributed by atoms with Crippen LogP contribution in [0.2, 0.25) is 0 Å². The molecule has 1 nitrogen and oxygen atoms in total. The van der Waals surface area contributed by atoms with Crippen LogP contribution in [0.5, 0.6) is 0 Å². The Morgan fingerprint density at radius 1 is 0.340 bits per heavy atom. The van der Waals surface area contributed by atoms with Crippen molar-refractivity contribution in [2.45, 2.75) is 5.92 Å². The fourth-order valence-corrected chi connectivity index (χ4v) is 8.76. The first kappa shape index (κ1) is 27.5. The fourth-order valence-electron chi connectivity index (χ4n) is 8.76. The van der Waals surface area contributed by atoms with Crippen LogP contribution in [-0.2, 0) is 0 Å². The summed E-state index contributed by atoms with van der Waals surface area (Å²) in [6, 6.07) is 64.6. The molecule has 11 rings (SSSR count). The Kier molecular flexibility index (Phi) is 5.79. The van der Waals surface area contributed by atoms with Gasteiger partial charge in [0, 0.05) is 16.7 Å². The maximum absolute atomic E-state index is 6.40. The zero-order chi connectivity index (χ0) is 32.8. The van der Waals surface area contributed by atoms with Crippen LogP contribution >= 0.6 is 0 Å². The summed E-state index contributed by atoms with van der Waals surface area (Å²) in [5.74, 6) is 0.202. The van der Waals surface area contributed by atoms with Crippen LogP contribution in [0, 0.1) is 0 Å². The molecule has 1 heteroatoms. The number of fused-ring (bicyclic) bond motifs is 9. The van der Waals surface area contributed by atoms with Gasteiger partial charge in [-0.3, -0.25) is 0 Å². The molecule has 0 atom stereocenters. The van der Waals surface area contributed by atoms with Crippen LogP contribution < -0.4 is 0 Å². The van der Waals surface area contributed by atoms with E-state index in [1.807, 2.05) is 0 Å². The fraction of sp³-hybridized carbons (Fsp3) is 0.0204. The van der Waals surface area contributed by atoms with Crippen LogP contribution in [0.3, 0.4) is 0 Å². The van der Waals surface area contributed by atoms with E-state index in [4.69, 9.17) is 4.42 Å². The lowest BCUT2D eigenvalue weighted by molar-refractivity contribution is 0.669. The summed E-state index contributed by atoms with van der Waals surface area (Å²) in [4.78, 5) is 0. The molecule has 0 spiro atoms. The molecule has 50 heavy (non-hydrogen) atoms. The normalized spacial score (nSPS) is 12.7. The average Bonchev–Trinajstić information content (AvgIpc) is 3.70. The molecule has 0 aliphatic heterocycles. The quantitative estimate of drug-likeness (QED) is 0.176. The van der Waals surface area contributed by atoms with Gasteiger partial charge in [0.05, 0.1) is 0 Å². The molecule has 10 aromatic rings. The molecular formula is C49H30O. The van der Waals surface area contributed by atoms with E-state index in [0.717, 1.165) is 21.9 Å². The summed E-state index contributed by atoms with van der Waals surface area (Å²) in [6.07, 6.45) is 0. The predicted molar refractivity (Wildman–Crippen MR) is 210 cm³/mol. The van der Waals surface area contributed by atoms with Gasteiger partial charge in [-0.15, -0.1) is 0 Å². The number of furan rings is 1. The number of benzene rings is 9. The predicted octanol–water partition coefficient (Wildman–Crippen LogP) is 13.5. The van der Waals surface area contributed by atoms with E-state index < -0.39 is 0 Å². The molecule has 9 aromatic carbocycles. The van der Waals surface area contributed by atoms with Crippen LogP contribution in [0.15, 0.2) is 180 Å². The molecule has 0 amide bonds. The molecule has 1 aromatic heterocycles. The summed E-state index contributed by atoms with van der Waals surface area (Å²) < 4.78 is 6.40. The third kappa shape index (κ3) is 3.95. The van der Waals surface area contributed by atoms with E-state index in [1.54, 1.807) is 0 Å². The van der Waals surface area contributed by atoms with Gasteiger partial charge in [-0.25, -0.2) is 0 Å². The van der Waals surface area contributed by atoms with E-state index in [9.17, 15) is 0 Å². The Bertz CT molecular complexity index is 2890. The maximum atomic E-state index is 6.40. The first-order chi connectivity index (χ1) is 24.8. The summed E-state index contributed by atoms with van der Waals surface area (Å²) >= 11 is 0. The molecule has 0 radical (unpaired) electrons. The molecule has 0 fully saturated rings. The lowest BCUT2D eigenvalue weighted by atomic mass is 9.83. The van der Waals surface area contributed by atoms with Crippen molar-refractivity contribution in [3.8, 4) is 33.4 Å². The highest BCUT2D eigenvalue weighted by molar-refractivity contribution is 6.22. The Labute approximate surface area is 289 Å². The van der Waals surface area contributed by atoms with Crippen molar-refractivity contribution in [2.75, 3.05) is 0 Å². The Morgan fingerprint density at radius 2 is 0.860 bits per heavy atom. The average molecular weight is 635 g/mol. The Morgan fingerprint density at radius 3 is 1.50 bits per heavy atom. The third-order valence-corrected chi connectivity index (χ3v) is 10.9. The number of hydrogen-bond donors (Lipinski definition) is 0. The highest BCUT2D eigenvalue weighted by Crippen LogP contribution is 2.50. The maximum Gasteiger partial charge on any atom is 0.136 e. The van der Waals surface area contributed by atoms with Crippen LogP contribution in [0.1, 0.15) is 22.6 Å². The van der Waals surface area contributed by atoms with E-state index in [-0.39, 0.29) is 5.92 Å². The van der Waals surface area contributed by atoms with Crippen molar-refractivity contribution in [3.05, 3.63) is 193 Å². The smallest absolute Gasteiger partial charge is 0.136 e.